The van der Waals surface area contributed by atoms with Crippen molar-refractivity contribution in [2.45, 2.75) is 27.3 Å². The number of amides is 2. The first-order valence-corrected chi connectivity index (χ1v) is 7.37. The molecule has 0 bridgehead atoms. The third kappa shape index (κ3) is 6.32. The largest absolute Gasteiger partial charge is 0.334 e. The summed E-state index contributed by atoms with van der Waals surface area (Å²) in [5.74, 6) is 0. The summed E-state index contributed by atoms with van der Waals surface area (Å²) in [4.78, 5) is 11.7. The summed E-state index contributed by atoms with van der Waals surface area (Å²) in [6, 6.07) is 14.8. The normalized spacial score (nSPS) is 9.33. The van der Waals surface area contributed by atoms with Crippen molar-refractivity contribution in [3.05, 3.63) is 64.7 Å². The van der Waals surface area contributed by atoms with E-state index in [9.17, 15) is 4.79 Å². The summed E-state index contributed by atoms with van der Waals surface area (Å²) < 4.78 is 0. The van der Waals surface area contributed by atoms with E-state index in [2.05, 4.69) is 10.6 Å². The molecule has 0 unspecified atom stereocenters. The van der Waals surface area contributed by atoms with Gasteiger partial charge in [-0.3, -0.25) is 0 Å². The molecule has 0 atom stereocenters. The molecule has 21 heavy (non-hydrogen) atoms. The van der Waals surface area contributed by atoms with Crippen molar-refractivity contribution in [3.8, 4) is 0 Å². The van der Waals surface area contributed by atoms with Crippen molar-refractivity contribution in [1.82, 2.24) is 5.32 Å². The second-order valence-corrected chi connectivity index (χ2v) is 4.74. The fourth-order valence-corrected chi connectivity index (χ4v) is 1.72. The molecule has 0 heterocycles. The van der Waals surface area contributed by atoms with Gasteiger partial charge in [-0.2, -0.15) is 0 Å². The van der Waals surface area contributed by atoms with Gasteiger partial charge in [0, 0.05) is 17.3 Å². The Morgan fingerprint density at radius 2 is 1.57 bits per heavy atom. The van der Waals surface area contributed by atoms with Gasteiger partial charge in [0.05, 0.1) is 0 Å². The Hall–Kier alpha value is -2.00. The Bertz CT molecular complexity index is 550. The average molecular weight is 305 g/mol. The zero-order chi connectivity index (χ0) is 15.7. The number of benzene rings is 2. The van der Waals surface area contributed by atoms with Crippen LogP contribution < -0.4 is 10.6 Å². The third-order valence-electron chi connectivity index (χ3n) is 2.68. The highest BCUT2D eigenvalue weighted by Gasteiger charge is 2.01. The Balaban J connectivity index is 0.00000106. The van der Waals surface area contributed by atoms with Gasteiger partial charge in [0.1, 0.15) is 0 Å². The Kier molecular flexibility index (Phi) is 7.33. The van der Waals surface area contributed by atoms with Crippen molar-refractivity contribution in [3.63, 3.8) is 0 Å². The zero-order valence-corrected chi connectivity index (χ0v) is 13.4. The van der Waals surface area contributed by atoms with Crippen LogP contribution in [0.1, 0.15) is 25.0 Å². The summed E-state index contributed by atoms with van der Waals surface area (Å²) in [7, 11) is 0. The first-order valence-electron chi connectivity index (χ1n) is 6.99. The molecule has 0 fully saturated rings. The lowest BCUT2D eigenvalue weighted by atomic mass is 10.1. The van der Waals surface area contributed by atoms with Gasteiger partial charge in [0.25, 0.3) is 0 Å². The molecule has 0 radical (unpaired) electrons. The van der Waals surface area contributed by atoms with Crippen LogP contribution in [0.15, 0.2) is 48.5 Å². The number of anilines is 1. The minimum Gasteiger partial charge on any atom is -0.334 e. The van der Waals surface area contributed by atoms with Gasteiger partial charge in [-0.15, -0.1) is 0 Å². The molecule has 2 amide bonds. The molecule has 2 aromatic rings. The van der Waals surface area contributed by atoms with Crippen molar-refractivity contribution in [2.24, 2.45) is 0 Å². The lowest BCUT2D eigenvalue weighted by Gasteiger charge is -2.08. The quantitative estimate of drug-likeness (QED) is 0.823. The van der Waals surface area contributed by atoms with E-state index < -0.39 is 0 Å². The van der Waals surface area contributed by atoms with Crippen LogP contribution in [0.3, 0.4) is 0 Å². The van der Waals surface area contributed by atoms with Gasteiger partial charge in [-0.05, 0) is 36.8 Å². The van der Waals surface area contributed by atoms with E-state index in [1.54, 1.807) is 24.3 Å². The van der Waals surface area contributed by atoms with Crippen LogP contribution in [0.25, 0.3) is 0 Å². The van der Waals surface area contributed by atoms with E-state index >= 15 is 0 Å². The predicted molar refractivity (Wildman–Crippen MR) is 89.8 cm³/mol. The number of carbonyl (C=O) groups excluding carboxylic acids is 1. The summed E-state index contributed by atoms with van der Waals surface area (Å²) in [5, 5.41) is 6.18. The van der Waals surface area contributed by atoms with Gasteiger partial charge in [-0.1, -0.05) is 55.3 Å². The molecule has 0 aliphatic carbocycles. The van der Waals surface area contributed by atoms with Crippen molar-refractivity contribution < 1.29 is 4.79 Å². The van der Waals surface area contributed by atoms with Crippen LogP contribution in [0.4, 0.5) is 10.5 Å². The topological polar surface area (TPSA) is 41.1 Å². The minimum absolute atomic E-state index is 0.233. The highest BCUT2D eigenvalue weighted by atomic mass is 35.5. The Morgan fingerprint density at radius 1 is 1.00 bits per heavy atom. The number of hydrogen-bond acceptors (Lipinski definition) is 1. The molecule has 0 aromatic heterocycles. The number of urea groups is 1. The smallest absolute Gasteiger partial charge is 0.319 e. The first-order chi connectivity index (χ1) is 10.1. The maximum Gasteiger partial charge on any atom is 0.319 e. The Labute approximate surface area is 131 Å². The van der Waals surface area contributed by atoms with E-state index in [4.69, 9.17) is 11.6 Å². The highest BCUT2D eigenvalue weighted by Crippen LogP contribution is 2.13. The van der Waals surface area contributed by atoms with Gasteiger partial charge in [0.2, 0.25) is 0 Å². The molecule has 112 valence electrons. The van der Waals surface area contributed by atoms with Crippen LogP contribution in [-0.4, -0.2) is 6.03 Å². The molecule has 0 saturated carbocycles. The monoisotopic (exact) mass is 304 g/mol. The number of nitrogens with one attached hydrogen (secondary N) is 2. The first kappa shape index (κ1) is 17.1. The lowest BCUT2D eigenvalue weighted by Crippen LogP contribution is -2.28. The van der Waals surface area contributed by atoms with Crippen molar-refractivity contribution in [2.75, 3.05) is 5.32 Å². The summed E-state index contributed by atoms with van der Waals surface area (Å²) in [5.41, 5.74) is 2.98. The van der Waals surface area contributed by atoms with Gasteiger partial charge >= 0.3 is 6.03 Å². The highest BCUT2D eigenvalue weighted by molar-refractivity contribution is 6.30. The van der Waals surface area contributed by atoms with Crippen LogP contribution >= 0.6 is 11.6 Å². The number of carbonyl (C=O) groups is 1. The van der Waals surface area contributed by atoms with Crippen molar-refractivity contribution >= 4 is 23.3 Å². The van der Waals surface area contributed by atoms with E-state index in [1.165, 1.54) is 5.56 Å². The molecular formula is C17H21ClN2O. The molecule has 0 aliphatic heterocycles. The minimum atomic E-state index is -0.233. The van der Waals surface area contributed by atoms with Crippen LogP contribution in [0, 0.1) is 6.92 Å². The second-order valence-electron chi connectivity index (χ2n) is 4.30. The average Bonchev–Trinajstić information content (AvgIpc) is 2.51. The van der Waals surface area contributed by atoms with Gasteiger partial charge in [0.15, 0.2) is 0 Å². The number of halogens is 1. The molecule has 0 saturated heterocycles. The molecule has 3 nitrogen and oxygen atoms in total. The fourth-order valence-electron chi connectivity index (χ4n) is 1.60. The molecule has 4 heteroatoms. The fraction of sp³-hybridized carbons (Fsp3) is 0.235. The van der Waals surface area contributed by atoms with Crippen LogP contribution in [0.5, 0.6) is 0 Å². The molecular weight excluding hydrogens is 284 g/mol. The third-order valence-corrected chi connectivity index (χ3v) is 2.93. The molecule has 2 aromatic carbocycles. The van der Waals surface area contributed by atoms with E-state index in [0.717, 1.165) is 5.56 Å². The molecule has 2 rings (SSSR count). The Morgan fingerprint density at radius 3 is 2.14 bits per heavy atom. The molecule has 0 aliphatic rings. The summed E-state index contributed by atoms with van der Waals surface area (Å²) in [6.07, 6.45) is 0. The van der Waals surface area contributed by atoms with E-state index in [-0.39, 0.29) is 6.03 Å². The predicted octanol–water partition coefficient (Wildman–Crippen LogP) is 5.00. The van der Waals surface area contributed by atoms with Gasteiger partial charge < -0.3 is 10.6 Å². The number of aryl methyl sites for hydroxylation is 1. The van der Waals surface area contributed by atoms with Gasteiger partial charge in [-0.25, -0.2) is 4.79 Å². The lowest BCUT2D eigenvalue weighted by molar-refractivity contribution is 0.251. The maximum absolute atomic E-state index is 11.7. The SMILES string of the molecule is CC.Cc1ccc(CNC(=O)Nc2ccc(Cl)cc2)cc1. The van der Waals surface area contributed by atoms with Crippen molar-refractivity contribution in [1.29, 1.82) is 0 Å². The van der Waals surface area contributed by atoms with Crippen LogP contribution in [0.2, 0.25) is 5.02 Å². The number of hydrogen-bond donors (Lipinski definition) is 2. The van der Waals surface area contributed by atoms with E-state index in [0.29, 0.717) is 17.3 Å². The van der Waals surface area contributed by atoms with E-state index in [1.807, 2.05) is 45.0 Å². The second kappa shape index (κ2) is 9.03. The summed E-state index contributed by atoms with van der Waals surface area (Å²) >= 11 is 5.77. The number of rotatable bonds is 3. The molecule has 0 spiro atoms. The zero-order valence-electron chi connectivity index (χ0n) is 12.6. The standard InChI is InChI=1S/C15H15ClN2O.C2H6/c1-11-2-4-12(5-3-11)10-17-15(19)18-14-8-6-13(16)7-9-14;1-2/h2-9H,10H2,1H3,(H2,17,18,19);1-2H3. The summed E-state index contributed by atoms with van der Waals surface area (Å²) in [6.45, 7) is 6.53. The van der Waals surface area contributed by atoms with Crippen LogP contribution in [-0.2, 0) is 6.54 Å². The maximum atomic E-state index is 11.7. The molecule has 2 N–H and O–H groups in total.